The Kier molecular flexibility index (Phi) is 5.26. The summed E-state index contributed by atoms with van der Waals surface area (Å²) < 4.78 is 1.18. The zero-order valence-corrected chi connectivity index (χ0v) is 13.9. The Morgan fingerprint density at radius 2 is 1.75 bits per heavy atom. The summed E-state index contributed by atoms with van der Waals surface area (Å²) >= 11 is 3.51. The van der Waals surface area contributed by atoms with Gasteiger partial charge in [0.2, 0.25) is 0 Å². The van der Waals surface area contributed by atoms with Crippen LogP contribution in [0.1, 0.15) is 51.6 Å². The fourth-order valence-electron chi connectivity index (χ4n) is 2.21. The van der Waals surface area contributed by atoms with Crippen molar-refractivity contribution in [2.75, 3.05) is 0 Å². The minimum Gasteiger partial charge on any atom is -0.0654 e. The molecular weight excluding hydrogens is 276 g/mol. The monoisotopic (exact) mass is 298 g/mol. The third-order valence-electron chi connectivity index (χ3n) is 2.84. The van der Waals surface area contributed by atoms with Gasteiger partial charge in [0.25, 0.3) is 0 Å². The van der Waals surface area contributed by atoms with Crippen LogP contribution in [0.5, 0.6) is 0 Å². The van der Waals surface area contributed by atoms with Gasteiger partial charge in [0, 0.05) is 14.0 Å². The maximum absolute atomic E-state index is 3.51. The molecule has 1 aromatic carbocycles. The molecule has 90 valence electrons. The maximum atomic E-state index is 3.51. The van der Waals surface area contributed by atoms with Crippen molar-refractivity contribution in [3.63, 3.8) is 0 Å². The van der Waals surface area contributed by atoms with Gasteiger partial charge in [-0.1, -0.05) is 62.2 Å². The lowest BCUT2D eigenvalue weighted by Gasteiger charge is -2.25. The van der Waals surface area contributed by atoms with Crippen molar-refractivity contribution in [3.8, 4) is 0 Å². The molecule has 0 heterocycles. The molecule has 1 unspecified atom stereocenters. The molecule has 0 bridgehead atoms. The molecule has 0 aliphatic heterocycles. The Labute approximate surface area is 111 Å². The Morgan fingerprint density at radius 1 is 1.19 bits per heavy atom. The summed E-state index contributed by atoms with van der Waals surface area (Å²) in [5, 5.41) is 0.549. The molecule has 1 atom stereocenters. The van der Waals surface area contributed by atoms with E-state index in [1.165, 1.54) is 17.3 Å². The predicted molar refractivity (Wildman–Crippen MR) is 80.1 cm³/mol. The van der Waals surface area contributed by atoms with Crippen molar-refractivity contribution < 1.29 is 0 Å². The van der Waals surface area contributed by atoms with Crippen LogP contribution in [0.2, 0.25) is 5.04 Å². The van der Waals surface area contributed by atoms with Crippen LogP contribution in [0.4, 0.5) is 0 Å². The molecule has 1 rings (SSSR count). The molecule has 16 heavy (non-hydrogen) atoms. The highest BCUT2D eigenvalue weighted by atomic mass is 79.9. The van der Waals surface area contributed by atoms with Crippen LogP contribution in [-0.2, 0) is 0 Å². The Morgan fingerprint density at radius 3 is 2.19 bits per heavy atom. The van der Waals surface area contributed by atoms with E-state index < -0.39 is 0 Å². The minimum atomic E-state index is -0.0732. The molecule has 0 N–H and O–H groups in total. The lowest BCUT2D eigenvalue weighted by Crippen LogP contribution is -2.18. The van der Waals surface area contributed by atoms with Gasteiger partial charge in [-0.2, -0.15) is 0 Å². The smallest absolute Gasteiger partial charge is 0.0346 e. The standard InChI is InChI=1S/C14H23BrSi/c1-5-6-13(16-14(2,3)4)11-7-9-12(15)10-8-11/h7-10,13H,5-6,16H2,1-4H3. The van der Waals surface area contributed by atoms with E-state index in [0.29, 0.717) is 5.04 Å². The first-order valence-corrected chi connectivity index (χ1v) is 8.49. The Bertz CT molecular complexity index is 311. The van der Waals surface area contributed by atoms with E-state index in [9.17, 15) is 0 Å². The van der Waals surface area contributed by atoms with Crippen molar-refractivity contribution in [1.82, 2.24) is 0 Å². The van der Waals surface area contributed by atoms with Crippen LogP contribution in [0.25, 0.3) is 0 Å². The number of rotatable bonds is 4. The molecule has 0 nitrogen and oxygen atoms in total. The molecule has 0 radical (unpaired) electrons. The maximum Gasteiger partial charge on any atom is 0.0346 e. The SMILES string of the molecule is CCCC([SiH2]C(C)(C)C)c1ccc(Br)cc1. The van der Waals surface area contributed by atoms with Crippen molar-refractivity contribution in [2.24, 2.45) is 0 Å². The number of hydrogen-bond acceptors (Lipinski definition) is 0. The van der Waals surface area contributed by atoms with Gasteiger partial charge >= 0.3 is 0 Å². The van der Waals surface area contributed by atoms with E-state index in [1.807, 2.05) is 0 Å². The summed E-state index contributed by atoms with van der Waals surface area (Å²) in [5.41, 5.74) is 2.39. The summed E-state index contributed by atoms with van der Waals surface area (Å²) in [4.78, 5) is 0. The summed E-state index contributed by atoms with van der Waals surface area (Å²) in [6, 6.07) is 8.94. The fourth-order valence-corrected chi connectivity index (χ4v) is 5.07. The number of halogens is 1. The summed E-state index contributed by atoms with van der Waals surface area (Å²) in [5.74, 6) is 0. The molecule has 0 amide bonds. The molecule has 1 aromatic rings. The molecule has 0 saturated heterocycles. The van der Waals surface area contributed by atoms with Gasteiger partial charge in [-0.3, -0.25) is 0 Å². The van der Waals surface area contributed by atoms with Gasteiger partial charge in [-0.05, 0) is 34.7 Å². The lowest BCUT2D eigenvalue weighted by atomic mass is 10.1. The van der Waals surface area contributed by atoms with Crippen LogP contribution < -0.4 is 0 Å². The second-order valence-electron chi connectivity index (χ2n) is 5.80. The average molecular weight is 299 g/mol. The normalized spacial score (nSPS) is 14.6. The fraction of sp³-hybridized carbons (Fsp3) is 0.571. The largest absolute Gasteiger partial charge is 0.0654 e. The highest BCUT2D eigenvalue weighted by molar-refractivity contribution is 9.10. The zero-order chi connectivity index (χ0) is 12.2. The quantitative estimate of drug-likeness (QED) is 0.708. The highest BCUT2D eigenvalue weighted by Gasteiger charge is 2.20. The lowest BCUT2D eigenvalue weighted by molar-refractivity contribution is 0.693. The van der Waals surface area contributed by atoms with Crippen molar-refractivity contribution >= 4 is 25.4 Å². The van der Waals surface area contributed by atoms with Gasteiger partial charge < -0.3 is 0 Å². The van der Waals surface area contributed by atoms with Gasteiger partial charge in [-0.15, -0.1) is 0 Å². The van der Waals surface area contributed by atoms with Crippen LogP contribution in [0.3, 0.4) is 0 Å². The number of hydrogen-bond donors (Lipinski definition) is 0. The molecule has 0 aromatic heterocycles. The number of benzene rings is 1. The molecule has 0 saturated carbocycles. The first kappa shape index (κ1) is 14.0. The van der Waals surface area contributed by atoms with E-state index in [4.69, 9.17) is 0 Å². The van der Waals surface area contributed by atoms with E-state index in [0.717, 1.165) is 5.54 Å². The molecule has 0 aliphatic carbocycles. The van der Waals surface area contributed by atoms with Crippen LogP contribution >= 0.6 is 15.9 Å². The van der Waals surface area contributed by atoms with Crippen LogP contribution in [0.15, 0.2) is 28.7 Å². The van der Waals surface area contributed by atoms with E-state index >= 15 is 0 Å². The topological polar surface area (TPSA) is 0 Å². The zero-order valence-electron chi connectivity index (χ0n) is 10.9. The van der Waals surface area contributed by atoms with Gasteiger partial charge in [0.05, 0.1) is 0 Å². The van der Waals surface area contributed by atoms with E-state index in [1.54, 1.807) is 5.56 Å². The predicted octanol–water partition coefficient (Wildman–Crippen LogP) is 4.68. The Hall–Kier alpha value is -0.0831. The highest BCUT2D eigenvalue weighted by Crippen LogP contribution is 2.31. The molecule has 0 fully saturated rings. The molecular formula is C14H23BrSi. The van der Waals surface area contributed by atoms with Crippen LogP contribution in [0, 0.1) is 0 Å². The second-order valence-corrected chi connectivity index (χ2v) is 10.2. The van der Waals surface area contributed by atoms with Crippen LogP contribution in [-0.4, -0.2) is 9.52 Å². The van der Waals surface area contributed by atoms with Gasteiger partial charge in [0.15, 0.2) is 0 Å². The second kappa shape index (κ2) is 6.01. The summed E-state index contributed by atoms with van der Waals surface area (Å²) in [7, 11) is -0.0732. The minimum absolute atomic E-state index is 0.0732. The average Bonchev–Trinajstić information content (AvgIpc) is 2.16. The molecule has 2 heteroatoms. The van der Waals surface area contributed by atoms with E-state index in [-0.39, 0.29) is 9.52 Å². The van der Waals surface area contributed by atoms with Crippen molar-refractivity contribution in [3.05, 3.63) is 34.3 Å². The third-order valence-corrected chi connectivity index (χ3v) is 5.96. The first-order chi connectivity index (χ1) is 7.42. The van der Waals surface area contributed by atoms with Crippen molar-refractivity contribution in [2.45, 2.75) is 51.1 Å². The summed E-state index contributed by atoms with van der Waals surface area (Å²) in [6.45, 7) is 9.46. The van der Waals surface area contributed by atoms with E-state index in [2.05, 4.69) is 67.9 Å². The van der Waals surface area contributed by atoms with Crippen molar-refractivity contribution in [1.29, 1.82) is 0 Å². The third kappa shape index (κ3) is 4.83. The molecule has 0 spiro atoms. The Balaban J connectivity index is 2.80. The summed E-state index contributed by atoms with van der Waals surface area (Å²) in [6.07, 6.45) is 2.65. The first-order valence-electron chi connectivity index (χ1n) is 6.18. The van der Waals surface area contributed by atoms with Gasteiger partial charge in [-0.25, -0.2) is 0 Å². The molecule has 0 aliphatic rings. The van der Waals surface area contributed by atoms with Gasteiger partial charge in [0.1, 0.15) is 0 Å².